The molecule has 0 bridgehead atoms. The van der Waals surface area contributed by atoms with Crippen LogP contribution in [0.15, 0.2) is 53.2 Å². The minimum absolute atomic E-state index is 0.102. The van der Waals surface area contributed by atoms with E-state index in [0.717, 1.165) is 11.4 Å². The Labute approximate surface area is 145 Å². The molecule has 7 heteroatoms. The van der Waals surface area contributed by atoms with Crippen molar-refractivity contribution in [3.63, 3.8) is 0 Å². The van der Waals surface area contributed by atoms with E-state index in [1.807, 2.05) is 55.4 Å². The van der Waals surface area contributed by atoms with Crippen molar-refractivity contribution < 1.29 is 9.32 Å². The van der Waals surface area contributed by atoms with E-state index in [0.29, 0.717) is 23.8 Å². The molecule has 0 aliphatic carbocycles. The number of nitrogens with one attached hydrogen (secondary N) is 1. The monoisotopic (exact) mass is 337 g/mol. The van der Waals surface area contributed by atoms with Gasteiger partial charge in [0.05, 0.1) is 0 Å². The molecule has 0 aliphatic rings. The Morgan fingerprint density at radius 1 is 1.16 bits per heavy atom. The molecule has 3 aromatic rings. The van der Waals surface area contributed by atoms with Crippen molar-refractivity contribution in [2.24, 2.45) is 0 Å². The lowest BCUT2D eigenvalue weighted by molar-refractivity contribution is -0.116. The Bertz CT molecular complexity index is 828. The van der Waals surface area contributed by atoms with Crippen molar-refractivity contribution in [1.82, 2.24) is 15.1 Å². The van der Waals surface area contributed by atoms with Gasteiger partial charge in [0.15, 0.2) is 0 Å². The van der Waals surface area contributed by atoms with Gasteiger partial charge in [0.25, 0.3) is 0 Å². The van der Waals surface area contributed by atoms with Gasteiger partial charge in [-0.25, -0.2) is 0 Å². The van der Waals surface area contributed by atoms with Crippen LogP contribution in [0.2, 0.25) is 0 Å². The van der Waals surface area contributed by atoms with E-state index < -0.39 is 0 Å². The van der Waals surface area contributed by atoms with Crippen molar-refractivity contribution in [3.8, 4) is 11.5 Å². The quantitative estimate of drug-likeness (QED) is 0.744. The fourth-order valence-corrected chi connectivity index (χ4v) is 2.24. The molecule has 25 heavy (non-hydrogen) atoms. The van der Waals surface area contributed by atoms with E-state index in [9.17, 15) is 4.79 Å². The van der Waals surface area contributed by atoms with Crippen molar-refractivity contribution in [3.05, 3.63) is 54.6 Å². The number of aryl methyl sites for hydroxylation is 1. The minimum atomic E-state index is -0.102. The van der Waals surface area contributed by atoms with Gasteiger partial charge in [-0.15, -0.1) is 0 Å². The van der Waals surface area contributed by atoms with E-state index in [1.54, 1.807) is 12.3 Å². The second-order valence-corrected chi connectivity index (χ2v) is 5.72. The SMILES string of the molecule is CN(C)c1ccc(NC(=O)CCc2nc(-c3ccccn3)no2)cc1. The number of aromatic nitrogens is 3. The maximum absolute atomic E-state index is 12.1. The zero-order valence-corrected chi connectivity index (χ0v) is 14.1. The Hall–Kier alpha value is -3.22. The van der Waals surface area contributed by atoms with Gasteiger partial charge in [0.1, 0.15) is 5.69 Å². The molecule has 0 saturated carbocycles. The van der Waals surface area contributed by atoms with E-state index in [4.69, 9.17) is 4.52 Å². The molecule has 1 amide bonds. The number of carbonyl (C=O) groups is 1. The number of nitrogens with zero attached hydrogens (tertiary/aromatic N) is 4. The lowest BCUT2D eigenvalue weighted by Crippen LogP contribution is -2.13. The summed E-state index contributed by atoms with van der Waals surface area (Å²) in [5.74, 6) is 0.740. The number of rotatable bonds is 6. The Kier molecular flexibility index (Phi) is 5.03. The van der Waals surface area contributed by atoms with Gasteiger partial charge in [-0.3, -0.25) is 9.78 Å². The van der Waals surface area contributed by atoms with Crippen LogP contribution in [-0.2, 0) is 11.2 Å². The number of anilines is 2. The van der Waals surface area contributed by atoms with Crippen LogP contribution in [0.25, 0.3) is 11.5 Å². The summed E-state index contributed by atoms with van der Waals surface area (Å²) in [4.78, 5) is 22.5. The Morgan fingerprint density at radius 2 is 1.96 bits per heavy atom. The highest BCUT2D eigenvalue weighted by atomic mass is 16.5. The van der Waals surface area contributed by atoms with Crippen molar-refractivity contribution >= 4 is 17.3 Å². The molecule has 1 aromatic carbocycles. The number of benzene rings is 1. The average Bonchev–Trinajstić information content (AvgIpc) is 3.10. The van der Waals surface area contributed by atoms with Gasteiger partial charge in [-0.1, -0.05) is 11.2 Å². The van der Waals surface area contributed by atoms with Crippen LogP contribution >= 0.6 is 0 Å². The normalized spacial score (nSPS) is 10.5. The number of pyridine rings is 1. The van der Waals surface area contributed by atoms with Gasteiger partial charge in [-0.05, 0) is 36.4 Å². The predicted molar refractivity (Wildman–Crippen MR) is 95.2 cm³/mol. The number of amides is 1. The highest BCUT2D eigenvalue weighted by Gasteiger charge is 2.11. The van der Waals surface area contributed by atoms with Crippen molar-refractivity contribution in [2.45, 2.75) is 12.8 Å². The van der Waals surface area contributed by atoms with Gasteiger partial charge in [0, 0.05) is 44.5 Å². The van der Waals surface area contributed by atoms with Crippen molar-refractivity contribution in [1.29, 1.82) is 0 Å². The van der Waals surface area contributed by atoms with Crippen molar-refractivity contribution in [2.75, 3.05) is 24.3 Å². The molecular formula is C18H19N5O2. The average molecular weight is 337 g/mol. The highest BCUT2D eigenvalue weighted by Crippen LogP contribution is 2.16. The molecule has 0 aliphatic heterocycles. The zero-order chi connectivity index (χ0) is 17.6. The fourth-order valence-electron chi connectivity index (χ4n) is 2.24. The summed E-state index contributed by atoms with van der Waals surface area (Å²) in [7, 11) is 3.94. The van der Waals surface area contributed by atoms with Gasteiger partial charge in [0.2, 0.25) is 17.6 Å². The molecular weight excluding hydrogens is 318 g/mol. The molecule has 128 valence electrons. The Morgan fingerprint density at radius 3 is 2.64 bits per heavy atom. The van der Waals surface area contributed by atoms with Crippen LogP contribution in [0.5, 0.6) is 0 Å². The van der Waals surface area contributed by atoms with Crippen LogP contribution in [0.1, 0.15) is 12.3 Å². The second-order valence-electron chi connectivity index (χ2n) is 5.72. The molecule has 0 radical (unpaired) electrons. The molecule has 0 saturated heterocycles. The molecule has 1 N–H and O–H groups in total. The molecule has 2 heterocycles. The van der Waals surface area contributed by atoms with Crippen LogP contribution < -0.4 is 10.2 Å². The summed E-state index contributed by atoms with van der Waals surface area (Å²) >= 11 is 0. The van der Waals surface area contributed by atoms with E-state index in [-0.39, 0.29) is 12.3 Å². The smallest absolute Gasteiger partial charge is 0.227 e. The number of carbonyl (C=O) groups excluding carboxylic acids is 1. The molecule has 2 aromatic heterocycles. The topological polar surface area (TPSA) is 84.2 Å². The van der Waals surface area contributed by atoms with E-state index >= 15 is 0 Å². The maximum Gasteiger partial charge on any atom is 0.227 e. The van der Waals surface area contributed by atoms with Crippen LogP contribution in [0.3, 0.4) is 0 Å². The first-order valence-corrected chi connectivity index (χ1v) is 7.93. The standard InChI is InChI=1S/C18H19N5O2/c1-23(2)14-8-6-13(7-9-14)20-16(24)10-11-17-21-18(22-25-17)15-5-3-4-12-19-15/h3-9,12H,10-11H2,1-2H3,(H,20,24). The third-order valence-electron chi connectivity index (χ3n) is 3.60. The van der Waals surface area contributed by atoms with Crippen LogP contribution in [0, 0.1) is 0 Å². The third-order valence-corrected chi connectivity index (χ3v) is 3.60. The minimum Gasteiger partial charge on any atom is -0.378 e. The second kappa shape index (κ2) is 7.57. The lowest BCUT2D eigenvalue weighted by atomic mass is 10.2. The summed E-state index contributed by atoms with van der Waals surface area (Å²) < 4.78 is 5.18. The number of hydrogen-bond donors (Lipinski definition) is 1. The molecule has 0 atom stereocenters. The zero-order valence-electron chi connectivity index (χ0n) is 14.1. The van der Waals surface area contributed by atoms with Gasteiger partial charge >= 0.3 is 0 Å². The maximum atomic E-state index is 12.1. The molecule has 7 nitrogen and oxygen atoms in total. The third kappa shape index (κ3) is 4.41. The Balaban J connectivity index is 1.53. The van der Waals surface area contributed by atoms with E-state index in [2.05, 4.69) is 20.4 Å². The first kappa shape index (κ1) is 16.6. The van der Waals surface area contributed by atoms with E-state index in [1.165, 1.54) is 0 Å². The van der Waals surface area contributed by atoms with Gasteiger partial charge in [-0.2, -0.15) is 4.98 Å². The summed E-state index contributed by atoms with van der Waals surface area (Å²) in [6, 6.07) is 13.1. The molecule has 0 fully saturated rings. The van der Waals surface area contributed by atoms with Gasteiger partial charge < -0.3 is 14.7 Å². The summed E-state index contributed by atoms with van der Waals surface area (Å²) in [6.07, 6.45) is 2.31. The summed E-state index contributed by atoms with van der Waals surface area (Å²) in [6.45, 7) is 0. The molecule has 0 spiro atoms. The first-order valence-electron chi connectivity index (χ1n) is 7.93. The largest absolute Gasteiger partial charge is 0.378 e. The fraction of sp³-hybridized carbons (Fsp3) is 0.222. The number of hydrogen-bond acceptors (Lipinski definition) is 6. The highest BCUT2D eigenvalue weighted by molar-refractivity contribution is 5.90. The predicted octanol–water partition coefficient (Wildman–Crippen LogP) is 2.77. The first-order chi connectivity index (χ1) is 12.1. The van der Waals surface area contributed by atoms with Crippen LogP contribution in [0.4, 0.5) is 11.4 Å². The molecule has 0 unspecified atom stereocenters. The molecule has 3 rings (SSSR count). The summed E-state index contributed by atoms with van der Waals surface area (Å²) in [5, 5.41) is 6.75. The summed E-state index contributed by atoms with van der Waals surface area (Å²) in [5.41, 5.74) is 2.48. The lowest BCUT2D eigenvalue weighted by Gasteiger charge is -2.12. The van der Waals surface area contributed by atoms with Crippen LogP contribution in [-0.4, -0.2) is 35.1 Å².